The number of aryl methyl sites for hydroxylation is 2. The van der Waals surface area contributed by atoms with Crippen LogP contribution in [0.1, 0.15) is 27.9 Å². The van der Waals surface area contributed by atoms with Gasteiger partial charge < -0.3 is 15.8 Å². The third kappa shape index (κ3) is 4.25. The van der Waals surface area contributed by atoms with Crippen molar-refractivity contribution in [1.29, 1.82) is 0 Å². The van der Waals surface area contributed by atoms with Gasteiger partial charge in [-0.25, -0.2) is 0 Å². The second kappa shape index (κ2) is 7.50. The highest BCUT2D eigenvalue weighted by Crippen LogP contribution is 2.14. The summed E-state index contributed by atoms with van der Waals surface area (Å²) in [6, 6.07) is 13.4. The highest BCUT2D eigenvalue weighted by molar-refractivity contribution is 5.96. The van der Waals surface area contributed by atoms with Gasteiger partial charge in [0, 0.05) is 17.8 Å². The average molecular weight is 298 g/mol. The third-order valence-electron chi connectivity index (χ3n) is 3.57. The van der Waals surface area contributed by atoms with Gasteiger partial charge in [-0.05, 0) is 55.2 Å². The van der Waals surface area contributed by atoms with Crippen molar-refractivity contribution in [2.24, 2.45) is 0 Å². The van der Waals surface area contributed by atoms with Gasteiger partial charge in [0.25, 0.3) is 5.91 Å². The van der Waals surface area contributed by atoms with Crippen LogP contribution in [-0.4, -0.2) is 19.6 Å². The largest absolute Gasteiger partial charge is 0.497 e. The minimum Gasteiger partial charge on any atom is -0.497 e. The predicted molar refractivity (Wildman–Crippen MR) is 89.2 cm³/mol. The van der Waals surface area contributed by atoms with E-state index in [4.69, 9.17) is 10.5 Å². The van der Waals surface area contributed by atoms with Crippen molar-refractivity contribution in [3.63, 3.8) is 0 Å². The molecule has 2 rings (SSSR count). The summed E-state index contributed by atoms with van der Waals surface area (Å²) in [7, 11) is 1.66. The van der Waals surface area contributed by atoms with Crippen LogP contribution in [0, 0.1) is 6.92 Å². The van der Waals surface area contributed by atoms with E-state index in [0.29, 0.717) is 17.8 Å². The third-order valence-corrected chi connectivity index (χ3v) is 3.57. The fourth-order valence-corrected chi connectivity index (χ4v) is 2.30. The van der Waals surface area contributed by atoms with Gasteiger partial charge in [-0.15, -0.1) is 0 Å². The highest BCUT2D eigenvalue weighted by atomic mass is 16.5. The van der Waals surface area contributed by atoms with Crippen molar-refractivity contribution < 1.29 is 9.53 Å². The Bertz CT molecular complexity index is 653. The lowest BCUT2D eigenvalue weighted by molar-refractivity contribution is 0.0952. The first kappa shape index (κ1) is 15.9. The molecule has 0 bridgehead atoms. The Balaban J connectivity index is 1.83. The van der Waals surface area contributed by atoms with Gasteiger partial charge >= 0.3 is 0 Å². The molecule has 4 nitrogen and oxygen atoms in total. The van der Waals surface area contributed by atoms with Crippen molar-refractivity contribution in [3.8, 4) is 5.75 Å². The van der Waals surface area contributed by atoms with Crippen LogP contribution in [0.15, 0.2) is 42.5 Å². The molecule has 0 atom stereocenters. The van der Waals surface area contributed by atoms with Gasteiger partial charge in [-0.2, -0.15) is 0 Å². The highest BCUT2D eigenvalue weighted by Gasteiger charge is 2.08. The topological polar surface area (TPSA) is 64.3 Å². The molecule has 1 amide bonds. The molecule has 2 aromatic carbocycles. The van der Waals surface area contributed by atoms with Crippen LogP contribution in [-0.2, 0) is 6.42 Å². The second-order valence-corrected chi connectivity index (χ2v) is 5.29. The van der Waals surface area contributed by atoms with Crippen molar-refractivity contribution in [3.05, 3.63) is 59.2 Å². The summed E-state index contributed by atoms with van der Waals surface area (Å²) < 4.78 is 5.20. The minimum absolute atomic E-state index is 0.0737. The van der Waals surface area contributed by atoms with E-state index in [1.165, 1.54) is 5.56 Å². The van der Waals surface area contributed by atoms with Gasteiger partial charge in [0.2, 0.25) is 0 Å². The molecule has 0 aliphatic carbocycles. The molecule has 4 heteroatoms. The molecular weight excluding hydrogens is 276 g/mol. The van der Waals surface area contributed by atoms with E-state index >= 15 is 0 Å². The summed E-state index contributed by atoms with van der Waals surface area (Å²) in [5.74, 6) is 0.785. The zero-order valence-corrected chi connectivity index (χ0v) is 13.1. The van der Waals surface area contributed by atoms with Crippen LogP contribution >= 0.6 is 0 Å². The zero-order valence-electron chi connectivity index (χ0n) is 13.1. The van der Waals surface area contributed by atoms with E-state index in [2.05, 4.69) is 11.4 Å². The fraction of sp³-hybridized carbons (Fsp3) is 0.278. The minimum atomic E-state index is -0.0737. The van der Waals surface area contributed by atoms with Crippen LogP contribution < -0.4 is 15.8 Å². The molecule has 0 saturated carbocycles. The lowest BCUT2D eigenvalue weighted by Crippen LogP contribution is -2.25. The van der Waals surface area contributed by atoms with Gasteiger partial charge in [0.05, 0.1) is 7.11 Å². The number of nitrogens with two attached hydrogens (primary N) is 1. The lowest BCUT2D eigenvalue weighted by atomic mass is 10.1. The Morgan fingerprint density at radius 1 is 1.23 bits per heavy atom. The fourth-order valence-electron chi connectivity index (χ4n) is 2.30. The number of carbonyl (C=O) groups excluding carboxylic acids is 1. The number of carbonyl (C=O) groups is 1. The predicted octanol–water partition coefficient (Wildman–Crippen LogP) is 2.95. The summed E-state index contributed by atoms with van der Waals surface area (Å²) >= 11 is 0. The first-order valence-electron chi connectivity index (χ1n) is 7.37. The summed E-state index contributed by atoms with van der Waals surface area (Å²) in [5, 5.41) is 2.94. The number of nitrogen functional groups attached to an aromatic ring is 1. The quantitative estimate of drug-likeness (QED) is 0.636. The summed E-state index contributed by atoms with van der Waals surface area (Å²) in [5.41, 5.74) is 9.11. The second-order valence-electron chi connectivity index (χ2n) is 5.29. The van der Waals surface area contributed by atoms with E-state index in [9.17, 15) is 4.79 Å². The molecule has 0 aliphatic rings. The van der Waals surface area contributed by atoms with E-state index < -0.39 is 0 Å². The summed E-state index contributed by atoms with van der Waals surface area (Å²) in [6.45, 7) is 2.54. The smallest absolute Gasteiger partial charge is 0.251 e. The Kier molecular flexibility index (Phi) is 5.42. The Morgan fingerprint density at radius 3 is 2.82 bits per heavy atom. The van der Waals surface area contributed by atoms with Crippen LogP contribution in [0.4, 0.5) is 5.69 Å². The maximum Gasteiger partial charge on any atom is 0.251 e. The SMILES string of the molecule is COc1cccc(CCCNC(=O)c2cc(N)ccc2C)c1. The van der Waals surface area contributed by atoms with Crippen LogP contribution in [0.3, 0.4) is 0 Å². The van der Waals surface area contributed by atoms with E-state index in [1.54, 1.807) is 19.2 Å². The normalized spacial score (nSPS) is 10.3. The Morgan fingerprint density at radius 2 is 2.05 bits per heavy atom. The van der Waals surface area contributed by atoms with Gasteiger partial charge in [-0.1, -0.05) is 18.2 Å². The molecule has 0 aliphatic heterocycles. The first-order valence-corrected chi connectivity index (χ1v) is 7.37. The van der Waals surface area contributed by atoms with Crippen molar-refractivity contribution in [2.75, 3.05) is 19.4 Å². The Hall–Kier alpha value is -2.49. The number of rotatable bonds is 6. The van der Waals surface area contributed by atoms with Crippen LogP contribution in [0.2, 0.25) is 0 Å². The van der Waals surface area contributed by atoms with Crippen molar-refractivity contribution >= 4 is 11.6 Å². The number of ether oxygens (including phenoxy) is 1. The summed E-state index contributed by atoms with van der Waals surface area (Å²) in [6.07, 6.45) is 1.77. The first-order chi connectivity index (χ1) is 10.6. The Labute approximate surface area is 131 Å². The van der Waals surface area contributed by atoms with E-state index in [0.717, 1.165) is 24.2 Å². The molecule has 0 aromatic heterocycles. The van der Waals surface area contributed by atoms with Gasteiger partial charge in [0.1, 0.15) is 5.75 Å². The number of benzene rings is 2. The van der Waals surface area contributed by atoms with Crippen molar-refractivity contribution in [1.82, 2.24) is 5.32 Å². The zero-order chi connectivity index (χ0) is 15.9. The maximum atomic E-state index is 12.1. The van der Waals surface area contributed by atoms with E-state index in [-0.39, 0.29) is 5.91 Å². The molecule has 0 spiro atoms. The summed E-state index contributed by atoms with van der Waals surface area (Å²) in [4.78, 5) is 12.1. The number of hydrogen-bond donors (Lipinski definition) is 2. The molecule has 22 heavy (non-hydrogen) atoms. The van der Waals surface area contributed by atoms with Gasteiger partial charge in [0.15, 0.2) is 0 Å². The average Bonchev–Trinajstić information content (AvgIpc) is 2.54. The monoisotopic (exact) mass is 298 g/mol. The molecule has 116 valence electrons. The van der Waals surface area contributed by atoms with Crippen molar-refractivity contribution in [2.45, 2.75) is 19.8 Å². The van der Waals surface area contributed by atoms with Crippen LogP contribution in [0.25, 0.3) is 0 Å². The molecule has 0 heterocycles. The molecular formula is C18H22N2O2. The van der Waals surface area contributed by atoms with E-state index in [1.807, 2.05) is 31.2 Å². The number of methoxy groups -OCH3 is 1. The number of amides is 1. The molecule has 0 unspecified atom stereocenters. The number of anilines is 1. The molecule has 2 aromatic rings. The molecule has 0 radical (unpaired) electrons. The van der Waals surface area contributed by atoms with Gasteiger partial charge in [-0.3, -0.25) is 4.79 Å². The molecule has 3 N–H and O–H groups in total. The molecule has 0 saturated heterocycles. The number of hydrogen-bond acceptors (Lipinski definition) is 3. The standard InChI is InChI=1S/C18H22N2O2/c1-13-8-9-15(19)12-17(13)18(21)20-10-4-6-14-5-3-7-16(11-14)22-2/h3,5,7-9,11-12H,4,6,10,19H2,1-2H3,(H,20,21). The maximum absolute atomic E-state index is 12.1. The molecule has 0 fully saturated rings. The van der Waals surface area contributed by atoms with Crippen LogP contribution in [0.5, 0.6) is 5.75 Å². The number of nitrogens with one attached hydrogen (secondary N) is 1. The lowest BCUT2D eigenvalue weighted by Gasteiger charge is -2.09.